The Balaban J connectivity index is 2.12. The van der Waals surface area contributed by atoms with Crippen molar-refractivity contribution in [2.75, 3.05) is 27.3 Å². The molecule has 0 aromatic heterocycles. The van der Waals surface area contributed by atoms with Crippen LogP contribution in [0.1, 0.15) is 58.4 Å². The Morgan fingerprint density at radius 3 is 2.54 bits per heavy atom. The first-order chi connectivity index (χ1) is 16.7. The van der Waals surface area contributed by atoms with Crippen LogP contribution in [0.3, 0.4) is 0 Å². The summed E-state index contributed by atoms with van der Waals surface area (Å²) in [4.78, 5) is 43.0. The molecule has 0 radical (unpaired) electrons. The molecule has 0 spiro atoms. The SMILES string of the molecule is CCC(C)(C)C(=O)C(=O)N1CCCC[C@H]1C(=O)O[C@H](CCc1ccc(OC)c(OC)c1)CN=[N+]=[N-]. The molecule has 1 heterocycles. The van der Waals surface area contributed by atoms with Crippen LogP contribution in [-0.2, 0) is 25.5 Å². The summed E-state index contributed by atoms with van der Waals surface area (Å²) < 4.78 is 16.3. The highest BCUT2D eigenvalue weighted by Crippen LogP contribution is 2.29. The van der Waals surface area contributed by atoms with Crippen molar-refractivity contribution in [3.8, 4) is 11.5 Å². The minimum atomic E-state index is -0.831. The zero-order valence-electron chi connectivity index (χ0n) is 21.3. The zero-order chi connectivity index (χ0) is 26.0. The summed E-state index contributed by atoms with van der Waals surface area (Å²) in [7, 11) is 3.11. The summed E-state index contributed by atoms with van der Waals surface area (Å²) in [5.74, 6) is -0.527. The molecule has 10 heteroatoms. The predicted octanol–water partition coefficient (Wildman–Crippen LogP) is 4.24. The first-order valence-electron chi connectivity index (χ1n) is 12.0. The monoisotopic (exact) mass is 488 g/mol. The number of esters is 1. The number of amides is 1. The van der Waals surface area contributed by atoms with E-state index >= 15 is 0 Å². The average molecular weight is 489 g/mol. The quantitative estimate of drug-likeness (QED) is 0.142. The molecule has 1 fully saturated rings. The smallest absolute Gasteiger partial charge is 0.329 e. The number of aryl methyl sites for hydroxylation is 1. The highest BCUT2D eigenvalue weighted by Gasteiger charge is 2.41. The summed E-state index contributed by atoms with van der Waals surface area (Å²) in [6.07, 6.45) is 2.68. The molecule has 1 saturated heterocycles. The maximum atomic E-state index is 13.1. The third-order valence-corrected chi connectivity index (χ3v) is 6.56. The average Bonchev–Trinajstić information content (AvgIpc) is 2.88. The molecule has 192 valence electrons. The number of azide groups is 1. The number of ketones is 1. The fraction of sp³-hybridized carbons (Fsp3) is 0.640. The topological polar surface area (TPSA) is 131 Å². The molecule has 0 N–H and O–H groups in total. The van der Waals surface area contributed by atoms with E-state index in [1.807, 2.05) is 19.1 Å². The van der Waals surface area contributed by atoms with E-state index in [0.717, 1.165) is 18.4 Å². The second kappa shape index (κ2) is 13.0. The first kappa shape index (κ1) is 28.0. The number of methoxy groups -OCH3 is 2. The Morgan fingerprint density at radius 2 is 1.91 bits per heavy atom. The molecule has 0 saturated carbocycles. The van der Waals surface area contributed by atoms with Crippen molar-refractivity contribution in [3.63, 3.8) is 0 Å². The van der Waals surface area contributed by atoms with Crippen LogP contribution in [0, 0.1) is 5.41 Å². The number of ether oxygens (including phenoxy) is 3. The van der Waals surface area contributed by atoms with Gasteiger partial charge in [-0.25, -0.2) is 4.79 Å². The van der Waals surface area contributed by atoms with Gasteiger partial charge in [0, 0.05) is 16.9 Å². The van der Waals surface area contributed by atoms with E-state index in [4.69, 9.17) is 19.7 Å². The molecule has 1 aliphatic heterocycles. The van der Waals surface area contributed by atoms with Crippen LogP contribution in [0.5, 0.6) is 11.5 Å². The highest BCUT2D eigenvalue weighted by atomic mass is 16.5. The molecule has 1 aliphatic rings. The molecular formula is C25H36N4O6. The van der Waals surface area contributed by atoms with Crippen LogP contribution in [0.25, 0.3) is 10.4 Å². The van der Waals surface area contributed by atoms with E-state index in [2.05, 4.69) is 10.0 Å². The van der Waals surface area contributed by atoms with Gasteiger partial charge in [-0.1, -0.05) is 32.0 Å². The minimum Gasteiger partial charge on any atom is -0.493 e. The maximum absolute atomic E-state index is 13.1. The number of nitrogens with zero attached hydrogens (tertiary/aromatic N) is 4. The van der Waals surface area contributed by atoms with Crippen molar-refractivity contribution in [2.45, 2.75) is 71.4 Å². The molecule has 10 nitrogen and oxygen atoms in total. The van der Waals surface area contributed by atoms with Crippen molar-refractivity contribution >= 4 is 17.7 Å². The van der Waals surface area contributed by atoms with E-state index in [1.54, 1.807) is 34.1 Å². The molecule has 2 rings (SSSR count). The molecule has 0 bridgehead atoms. The van der Waals surface area contributed by atoms with Crippen molar-refractivity contribution in [3.05, 3.63) is 34.2 Å². The van der Waals surface area contributed by atoms with Gasteiger partial charge in [-0.15, -0.1) is 0 Å². The van der Waals surface area contributed by atoms with Crippen LogP contribution < -0.4 is 9.47 Å². The van der Waals surface area contributed by atoms with Crippen molar-refractivity contribution < 1.29 is 28.6 Å². The van der Waals surface area contributed by atoms with E-state index in [1.165, 1.54) is 4.90 Å². The fourth-order valence-corrected chi connectivity index (χ4v) is 3.92. The van der Waals surface area contributed by atoms with Gasteiger partial charge in [-0.05, 0) is 61.8 Å². The highest BCUT2D eigenvalue weighted by molar-refractivity contribution is 6.38. The second-order valence-electron chi connectivity index (χ2n) is 9.28. The number of carbonyl (C=O) groups excluding carboxylic acids is 3. The first-order valence-corrected chi connectivity index (χ1v) is 12.0. The second-order valence-corrected chi connectivity index (χ2v) is 9.28. The van der Waals surface area contributed by atoms with Gasteiger partial charge in [-0.3, -0.25) is 9.59 Å². The third kappa shape index (κ3) is 7.36. The number of rotatable bonds is 12. The van der Waals surface area contributed by atoms with Gasteiger partial charge in [-0.2, -0.15) is 0 Å². The molecule has 1 aromatic rings. The lowest BCUT2D eigenvalue weighted by Crippen LogP contribution is -2.53. The summed E-state index contributed by atoms with van der Waals surface area (Å²) in [5.41, 5.74) is 8.92. The van der Waals surface area contributed by atoms with Gasteiger partial charge in [0.05, 0.1) is 20.8 Å². The Morgan fingerprint density at radius 1 is 1.20 bits per heavy atom. The van der Waals surface area contributed by atoms with Crippen molar-refractivity contribution in [1.82, 2.24) is 4.90 Å². The molecule has 2 atom stereocenters. The standard InChI is InChI=1S/C25H36N4O6/c1-6-25(2,3)22(30)23(31)29-14-8-7-9-19(29)24(32)35-18(16-27-28-26)12-10-17-11-13-20(33-4)21(15-17)34-5/h11,13,15,18-19H,6-10,12,14,16H2,1-5H3/t18-,19+/m1/s1. The van der Waals surface area contributed by atoms with Gasteiger partial charge in [0.15, 0.2) is 11.5 Å². The number of Topliss-reactive ketones (excluding diaryl/α,β-unsaturated/α-hetero) is 1. The van der Waals surface area contributed by atoms with E-state index in [9.17, 15) is 14.4 Å². The Hall–Kier alpha value is -3.26. The van der Waals surface area contributed by atoms with E-state index in [-0.39, 0.29) is 6.54 Å². The molecule has 0 unspecified atom stereocenters. The number of carbonyl (C=O) groups is 3. The van der Waals surface area contributed by atoms with Crippen LogP contribution in [-0.4, -0.2) is 62.0 Å². The van der Waals surface area contributed by atoms with Gasteiger partial charge in [0.2, 0.25) is 5.78 Å². The van der Waals surface area contributed by atoms with Crippen LogP contribution in [0.4, 0.5) is 0 Å². The number of likely N-dealkylation sites (tertiary alicyclic amines) is 1. The fourth-order valence-electron chi connectivity index (χ4n) is 3.92. The minimum absolute atomic E-state index is 0.0298. The Bertz CT molecular complexity index is 957. The zero-order valence-corrected chi connectivity index (χ0v) is 21.3. The Kier molecular flexibility index (Phi) is 10.4. The van der Waals surface area contributed by atoms with Gasteiger partial charge in [0.1, 0.15) is 12.1 Å². The van der Waals surface area contributed by atoms with Crippen LogP contribution in [0.15, 0.2) is 23.3 Å². The van der Waals surface area contributed by atoms with E-state index < -0.39 is 35.2 Å². The van der Waals surface area contributed by atoms with Gasteiger partial charge >= 0.3 is 5.97 Å². The number of benzene rings is 1. The van der Waals surface area contributed by atoms with Gasteiger partial charge < -0.3 is 19.1 Å². The summed E-state index contributed by atoms with van der Waals surface area (Å²) in [6.45, 7) is 5.61. The largest absolute Gasteiger partial charge is 0.493 e. The molecular weight excluding hydrogens is 452 g/mol. The van der Waals surface area contributed by atoms with Gasteiger partial charge in [0.25, 0.3) is 5.91 Å². The number of hydrogen-bond donors (Lipinski definition) is 0. The van der Waals surface area contributed by atoms with E-state index in [0.29, 0.717) is 43.7 Å². The summed E-state index contributed by atoms with van der Waals surface area (Å²) in [6, 6.07) is 4.69. The lowest BCUT2D eigenvalue weighted by molar-refractivity contribution is -0.164. The molecule has 0 aliphatic carbocycles. The Labute approximate surface area is 206 Å². The van der Waals surface area contributed by atoms with Crippen molar-refractivity contribution in [1.29, 1.82) is 0 Å². The number of hydrogen-bond acceptors (Lipinski definition) is 7. The lowest BCUT2D eigenvalue weighted by atomic mass is 9.84. The maximum Gasteiger partial charge on any atom is 0.329 e. The molecule has 1 amide bonds. The number of piperidine rings is 1. The van der Waals surface area contributed by atoms with Crippen LogP contribution >= 0.6 is 0 Å². The lowest BCUT2D eigenvalue weighted by Gasteiger charge is -2.36. The molecule has 35 heavy (non-hydrogen) atoms. The normalized spacial score (nSPS) is 16.6. The van der Waals surface area contributed by atoms with Crippen LogP contribution in [0.2, 0.25) is 0 Å². The summed E-state index contributed by atoms with van der Waals surface area (Å²) >= 11 is 0. The molecule has 1 aromatic carbocycles. The third-order valence-electron chi connectivity index (χ3n) is 6.56. The summed E-state index contributed by atoms with van der Waals surface area (Å²) in [5, 5.41) is 3.59. The van der Waals surface area contributed by atoms with Crippen molar-refractivity contribution in [2.24, 2.45) is 10.5 Å². The predicted molar refractivity (Wildman–Crippen MR) is 130 cm³/mol.